The predicted molar refractivity (Wildman–Crippen MR) is 69.9 cm³/mol. The van der Waals surface area contributed by atoms with Crippen LogP contribution in [0.25, 0.3) is 0 Å². The van der Waals surface area contributed by atoms with Crippen LogP contribution >= 0.6 is 0 Å². The molecule has 0 atom stereocenters. The second-order valence-corrected chi connectivity index (χ2v) is 4.51. The molecule has 0 bridgehead atoms. The summed E-state index contributed by atoms with van der Waals surface area (Å²) >= 11 is 0. The summed E-state index contributed by atoms with van der Waals surface area (Å²) < 4.78 is 23.7. The van der Waals surface area contributed by atoms with Crippen molar-refractivity contribution in [1.82, 2.24) is 4.72 Å². The molecule has 92 valence electrons. The number of allylic oxidation sites excluding steroid dienone is 2. The van der Waals surface area contributed by atoms with E-state index >= 15 is 0 Å². The molecule has 0 aliphatic heterocycles. The van der Waals surface area contributed by atoms with Crippen LogP contribution in [0.1, 0.15) is 27.2 Å². The van der Waals surface area contributed by atoms with Crippen molar-refractivity contribution in [2.75, 3.05) is 12.9 Å². The molecule has 0 saturated heterocycles. The van der Waals surface area contributed by atoms with Gasteiger partial charge in [-0.25, -0.2) is 13.1 Å². The van der Waals surface area contributed by atoms with Crippen molar-refractivity contribution in [1.29, 1.82) is 0 Å². The largest absolute Gasteiger partial charge is 0.276 e. The normalized spacial score (nSPS) is 10.8. The highest BCUT2D eigenvalue weighted by Gasteiger charge is 2.01. The van der Waals surface area contributed by atoms with Gasteiger partial charge in [-0.15, -0.1) is 11.8 Å². The Bertz CT molecular complexity index is 353. The zero-order valence-electron chi connectivity index (χ0n) is 10.3. The minimum atomic E-state index is -3.19. The van der Waals surface area contributed by atoms with E-state index in [1.165, 1.54) is 13.3 Å². The maximum absolute atomic E-state index is 10.8. The van der Waals surface area contributed by atoms with Gasteiger partial charge >= 0.3 is 0 Å². The average molecular weight is 244 g/mol. The van der Waals surface area contributed by atoms with Crippen molar-refractivity contribution in [3.05, 3.63) is 12.2 Å². The molecular weight excluding hydrogens is 224 g/mol. The van der Waals surface area contributed by atoms with Gasteiger partial charge in [0, 0.05) is 6.21 Å². The first-order valence-electron chi connectivity index (χ1n) is 4.93. The highest BCUT2D eigenvalue weighted by atomic mass is 32.2. The topological polar surface area (TPSA) is 58.5 Å². The Hall–Kier alpha value is -1.12. The molecule has 0 fully saturated rings. The van der Waals surface area contributed by atoms with Crippen LogP contribution in [0.4, 0.5) is 0 Å². The Morgan fingerprint density at radius 2 is 1.88 bits per heavy atom. The van der Waals surface area contributed by atoms with Crippen LogP contribution in [0.2, 0.25) is 0 Å². The fourth-order valence-corrected chi connectivity index (χ4v) is 0.875. The van der Waals surface area contributed by atoms with Gasteiger partial charge in [-0.1, -0.05) is 13.0 Å². The lowest BCUT2D eigenvalue weighted by Crippen LogP contribution is -2.20. The van der Waals surface area contributed by atoms with Crippen LogP contribution in [-0.2, 0) is 10.0 Å². The van der Waals surface area contributed by atoms with Crippen LogP contribution in [0, 0.1) is 11.8 Å². The predicted octanol–water partition coefficient (Wildman–Crippen LogP) is 1.56. The van der Waals surface area contributed by atoms with Gasteiger partial charge in [0.2, 0.25) is 10.0 Å². The van der Waals surface area contributed by atoms with Crippen molar-refractivity contribution in [2.45, 2.75) is 27.2 Å². The molecule has 0 amide bonds. The minimum Gasteiger partial charge on any atom is -0.276 e. The fraction of sp³-hybridized carbons (Fsp3) is 0.545. The van der Waals surface area contributed by atoms with Gasteiger partial charge in [0.1, 0.15) is 0 Å². The molecule has 0 aromatic rings. The molecule has 16 heavy (non-hydrogen) atoms. The maximum atomic E-state index is 10.8. The van der Waals surface area contributed by atoms with E-state index in [0.717, 1.165) is 6.42 Å². The number of nitrogens with one attached hydrogen (secondary N) is 1. The van der Waals surface area contributed by atoms with E-state index in [-0.39, 0.29) is 5.88 Å². The summed E-state index contributed by atoms with van der Waals surface area (Å²) in [5, 5.41) is 0. The summed E-state index contributed by atoms with van der Waals surface area (Å²) in [7, 11) is -1.82. The molecular formula is C11H20N2O2S. The first-order chi connectivity index (χ1) is 7.54. The Morgan fingerprint density at radius 3 is 2.25 bits per heavy atom. The van der Waals surface area contributed by atoms with Gasteiger partial charge < -0.3 is 0 Å². The van der Waals surface area contributed by atoms with Gasteiger partial charge in [-0.2, -0.15) is 0 Å². The standard InChI is InChI=1S/C7H14N2O2S.C4H6/c1-3-4-5-6-9-7-12(10,11)8-2;1-3-4-2/h4-6,8H,3,7H2,1-2H3;1-2H3/b5-4-,9-6-;. The summed E-state index contributed by atoms with van der Waals surface area (Å²) in [4.78, 5) is 3.69. The van der Waals surface area contributed by atoms with Crippen molar-refractivity contribution < 1.29 is 8.42 Å². The number of aliphatic imine (C=N–C) groups is 1. The van der Waals surface area contributed by atoms with E-state index in [1.807, 2.05) is 26.8 Å². The van der Waals surface area contributed by atoms with Gasteiger partial charge in [0.25, 0.3) is 0 Å². The van der Waals surface area contributed by atoms with Crippen molar-refractivity contribution in [2.24, 2.45) is 4.99 Å². The van der Waals surface area contributed by atoms with E-state index < -0.39 is 10.0 Å². The molecule has 0 aromatic carbocycles. The molecule has 0 aliphatic carbocycles. The molecule has 1 N–H and O–H groups in total. The summed E-state index contributed by atoms with van der Waals surface area (Å²) in [6, 6.07) is 0. The van der Waals surface area contributed by atoms with Gasteiger partial charge in [-0.3, -0.25) is 4.99 Å². The SMILES string of the molecule is CC#CC.CC/C=C\C=N/CS(=O)(=O)NC. The Morgan fingerprint density at radius 1 is 1.31 bits per heavy atom. The Labute approximate surface area is 98.9 Å². The average Bonchev–Trinajstić information content (AvgIpc) is 2.29. The van der Waals surface area contributed by atoms with Crippen LogP contribution in [0.5, 0.6) is 0 Å². The fourth-order valence-electron chi connectivity index (χ4n) is 0.464. The van der Waals surface area contributed by atoms with E-state index in [0.29, 0.717) is 0 Å². The Kier molecular flexibility index (Phi) is 12.9. The Balaban J connectivity index is 0. The van der Waals surface area contributed by atoms with Crippen molar-refractivity contribution in [3.63, 3.8) is 0 Å². The molecule has 5 heteroatoms. The minimum absolute atomic E-state index is 0.211. The quantitative estimate of drug-likeness (QED) is 0.589. The molecule has 0 saturated carbocycles. The summed E-state index contributed by atoms with van der Waals surface area (Å²) in [6.45, 7) is 5.63. The summed E-state index contributed by atoms with van der Waals surface area (Å²) in [6.07, 6.45) is 6.03. The lowest BCUT2D eigenvalue weighted by atomic mass is 10.4. The van der Waals surface area contributed by atoms with Crippen molar-refractivity contribution in [3.8, 4) is 11.8 Å². The molecule has 0 rings (SSSR count). The molecule has 0 aliphatic rings. The zero-order chi connectivity index (χ0) is 12.9. The first kappa shape index (κ1) is 17.3. The molecule has 4 nitrogen and oxygen atoms in total. The van der Waals surface area contributed by atoms with E-state index in [4.69, 9.17) is 0 Å². The van der Waals surface area contributed by atoms with Gasteiger partial charge in [0.15, 0.2) is 5.88 Å². The molecule has 0 unspecified atom stereocenters. The number of hydrogen-bond donors (Lipinski definition) is 1. The van der Waals surface area contributed by atoms with Crippen LogP contribution < -0.4 is 4.72 Å². The highest BCUT2D eigenvalue weighted by Crippen LogP contribution is 1.82. The molecule has 0 radical (unpaired) electrons. The van der Waals surface area contributed by atoms with Crippen molar-refractivity contribution >= 4 is 16.2 Å². The molecule has 0 heterocycles. The highest BCUT2D eigenvalue weighted by molar-refractivity contribution is 7.89. The second kappa shape index (κ2) is 12.0. The third kappa shape index (κ3) is 15.4. The van der Waals surface area contributed by atoms with E-state index in [2.05, 4.69) is 21.6 Å². The third-order valence-corrected chi connectivity index (χ3v) is 2.48. The van der Waals surface area contributed by atoms with Gasteiger partial charge in [-0.05, 0) is 33.4 Å². The lowest BCUT2D eigenvalue weighted by Gasteiger charge is -1.94. The van der Waals surface area contributed by atoms with Crippen LogP contribution in [-0.4, -0.2) is 27.6 Å². The lowest BCUT2D eigenvalue weighted by molar-refractivity contribution is 0.589. The number of sulfonamides is 1. The molecule has 0 aromatic heterocycles. The van der Waals surface area contributed by atoms with E-state index in [1.54, 1.807) is 6.08 Å². The number of rotatable bonds is 5. The van der Waals surface area contributed by atoms with Crippen LogP contribution in [0.15, 0.2) is 17.1 Å². The van der Waals surface area contributed by atoms with Gasteiger partial charge in [0.05, 0.1) is 0 Å². The monoisotopic (exact) mass is 244 g/mol. The van der Waals surface area contributed by atoms with Crippen LogP contribution in [0.3, 0.4) is 0 Å². The summed E-state index contributed by atoms with van der Waals surface area (Å²) in [5.41, 5.74) is 0. The number of nitrogens with zero attached hydrogens (tertiary/aromatic N) is 1. The third-order valence-electron chi connectivity index (χ3n) is 1.37. The maximum Gasteiger partial charge on any atom is 0.231 e. The zero-order valence-corrected chi connectivity index (χ0v) is 11.1. The second-order valence-electron chi connectivity index (χ2n) is 2.62. The number of hydrogen-bond acceptors (Lipinski definition) is 3. The van der Waals surface area contributed by atoms with E-state index in [9.17, 15) is 8.42 Å². The molecule has 0 spiro atoms. The summed E-state index contributed by atoms with van der Waals surface area (Å²) in [5.74, 6) is 5.15. The first-order valence-corrected chi connectivity index (χ1v) is 6.58. The smallest absolute Gasteiger partial charge is 0.231 e.